The molecule has 0 bridgehead atoms. The lowest BCUT2D eigenvalue weighted by molar-refractivity contribution is -0.109. The van der Waals surface area contributed by atoms with Crippen molar-refractivity contribution < 1.29 is 13.2 Å². The lowest BCUT2D eigenvalue weighted by atomic mass is 10.1. The van der Waals surface area contributed by atoms with Crippen LogP contribution in [-0.2, 0) is 14.8 Å². The molecule has 0 aliphatic heterocycles. The maximum absolute atomic E-state index is 12.1. The third-order valence-corrected chi connectivity index (χ3v) is 4.24. The molecular formula is C13H14N2O3S. The average Bonchev–Trinajstić information content (AvgIpc) is 2.44. The molecule has 0 aromatic heterocycles. The van der Waals surface area contributed by atoms with Crippen LogP contribution in [0.2, 0.25) is 0 Å². The Morgan fingerprint density at radius 1 is 1.16 bits per heavy atom. The summed E-state index contributed by atoms with van der Waals surface area (Å²) >= 11 is 0. The second-order valence-electron chi connectivity index (χ2n) is 4.11. The van der Waals surface area contributed by atoms with Crippen LogP contribution in [0.3, 0.4) is 0 Å². The number of aldehydes is 1. The minimum atomic E-state index is -3.74. The van der Waals surface area contributed by atoms with Gasteiger partial charge in [0.25, 0.3) is 0 Å². The van der Waals surface area contributed by atoms with Gasteiger partial charge in [0.1, 0.15) is 6.29 Å². The molecule has 2 rings (SSSR count). The van der Waals surface area contributed by atoms with E-state index in [1.54, 1.807) is 12.1 Å². The Balaban J connectivity index is 2.40. The number of carbonyl (C=O) groups excluding carboxylic acids is 1. The van der Waals surface area contributed by atoms with E-state index in [4.69, 9.17) is 5.73 Å². The van der Waals surface area contributed by atoms with E-state index in [0.29, 0.717) is 6.29 Å². The van der Waals surface area contributed by atoms with Crippen LogP contribution in [0.1, 0.15) is 0 Å². The lowest BCUT2D eigenvalue weighted by Gasteiger charge is -2.11. The monoisotopic (exact) mass is 278 g/mol. The second-order valence-corrected chi connectivity index (χ2v) is 5.82. The van der Waals surface area contributed by atoms with E-state index in [1.807, 2.05) is 24.3 Å². The standard InChI is InChI=1S/C13H14N2O3S/c14-8-12(9-16)15-19(17,18)13-6-5-10-3-1-2-4-11(10)7-13/h1-7,9,12,15H,8,14H2. The zero-order valence-electron chi connectivity index (χ0n) is 10.1. The van der Waals surface area contributed by atoms with Crippen molar-refractivity contribution in [2.24, 2.45) is 5.73 Å². The number of carbonyl (C=O) groups is 1. The van der Waals surface area contributed by atoms with Crippen LogP contribution >= 0.6 is 0 Å². The van der Waals surface area contributed by atoms with Gasteiger partial charge in [0.05, 0.1) is 10.9 Å². The SMILES string of the molecule is NCC(C=O)NS(=O)(=O)c1ccc2ccccc2c1. The van der Waals surface area contributed by atoms with Crippen LogP contribution in [0.25, 0.3) is 10.8 Å². The Hall–Kier alpha value is -1.76. The quantitative estimate of drug-likeness (QED) is 0.786. The van der Waals surface area contributed by atoms with Crippen LogP contribution in [0.15, 0.2) is 47.4 Å². The Kier molecular flexibility index (Phi) is 3.94. The molecule has 0 aliphatic carbocycles. The summed E-state index contributed by atoms with van der Waals surface area (Å²) in [6.45, 7) is -0.0731. The van der Waals surface area contributed by atoms with E-state index in [9.17, 15) is 13.2 Å². The van der Waals surface area contributed by atoms with Gasteiger partial charge >= 0.3 is 0 Å². The van der Waals surface area contributed by atoms with E-state index < -0.39 is 16.1 Å². The summed E-state index contributed by atoms with van der Waals surface area (Å²) in [6.07, 6.45) is 0.485. The fourth-order valence-corrected chi connectivity index (χ4v) is 2.95. The Bertz CT molecular complexity index is 698. The molecule has 6 heteroatoms. The van der Waals surface area contributed by atoms with Gasteiger partial charge in [-0.05, 0) is 22.9 Å². The number of rotatable bonds is 5. The van der Waals surface area contributed by atoms with Crippen molar-refractivity contribution in [1.82, 2.24) is 4.72 Å². The van der Waals surface area contributed by atoms with Gasteiger partial charge in [-0.2, -0.15) is 4.72 Å². The first kappa shape index (κ1) is 13.7. The molecule has 0 amide bonds. The van der Waals surface area contributed by atoms with E-state index >= 15 is 0 Å². The van der Waals surface area contributed by atoms with Crippen LogP contribution < -0.4 is 10.5 Å². The number of hydrogen-bond donors (Lipinski definition) is 2. The normalized spacial score (nSPS) is 13.3. The summed E-state index contributed by atoms with van der Waals surface area (Å²) in [5, 5.41) is 1.77. The first-order chi connectivity index (χ1) is 9.06. The molecule has 2 aromatic rings. The van der Waals surface area contributed by atoms with Gasteiger partial charge in [-0.15, -0.1) is 0 Å². The number of benzene rings is 2. The lowest BCUT2D eigenvalue weighted by Crippen LogP contribution is -2.41. The largest absolute Gasteiger partial charge is 0.328 e. The van der Waals surface area contributed by atoms with Crippen LogP contribution in [0.4, 0.5) is 0 Å². The predicted octanol–water partition coefficient (Wildman–Crippen LogP) is 0.644. The molecule has 1 atom stereocenters. The summed E-state index contributed by atoms with van der Waals surface area (Å²) in [6, 6.07) is 11.3. The highest BCUT2D eigenvalue weighted by atomic mass is 32.2. The van der Waals surface area contributed by atoms with Crippen molar-refractivity contribution in [2.45, 2.75) is 10.9 Å². The Labute approximate surface area is 111 Å². The molecule has 5 nitrogen and oxygen atoms in total. The topological polar surface area (TPSA) is 89.3 Å². The zero-order valence-corrected chi connectivity index (χ0v) is 10.9. The fourth-order valence-electron chi connectivity index (χ4n) is 1.73. The minimum absolute atomic E-state index is 0.0731. The molecule has 19 heavy (non-hydrogen) atoms. The van der Waals surface area contributed by atoms with Crippen LogP contribution in [0, 0.1) is 0 Å². The number of sulfonamides is 1. The first-order valence-corrected chi connectivity index (χ1v) is 7.21. The maximum Gasteiger partial charge on any atom is 0.241 e. The zero-order chi connectivity index (χ0) is 13.9. The number of hydrogen-bond acceptors (Lipinski definition) is 4. The summed E-state index contributed by atoms with van der Waals surface area (Å²) < 4.78 is 26.4. The van der Waals surface area contributed by atoms with Gasteiger partial charge in [-0.25, -0.2) is 8.42 Å². The predicted molar refractivity (Wildman–Crippen MR) is 73.2 cm³/mol. The van der Waals surface area contributed by atoms with Gasteiger partial charge in [0.2, 0.25) is 10.0 Å². The number of nitrogens with one attached hydrogen (secondary N) is 1. The van der Waals surface area contributed by atoms with Crippen molar-refractivity contribution in [1.29, 1.82) is 0 Å². The summed E-state index contributed by atoms with van der Waals surface area (Å²) in [7, 11) is -3.74. The van der Waals surface area contributed by atoms with Crippen molar-refractivity contribution in [3.8, 4) is 0 Å². The fraction of sp³-hybridized carbons (Fsp3) is 0.154. The van der Waals surface area contributed by atoms with Crippen molar-refractivity contribution in [2.75, 3.05) is 6.54 Å². The van der Waals surface area contributed by atoms with E-state index in [-0.39, 0.29) is 11.4 Å². The summed E-state index contributed by atoms with van der Waals surface area (Å²) in [4.78, 5) is 10.8. The Morgan fingerprint density at radius 3 is 2.47 bits per heavy atom. The molecule has 0 aliphatic rings. The molecule has 2 aromatic carbocycles. The molecule has 1 unspecified atom stereocenters. The third kappa shape index (κ3) is 2.98. The molecule has 0 heterocycles. The molecule has 0 spiro atoms. The summed E-state index contributed by atoms with van der Waals surface area (Å²) in [5.41, 5.74) is 5.30. The number of nitrogens with two attached hydrogens (primary N) is 1. The molecule has 0 saturated carbocycles. The van der Waals surface area contributed by atoms with Crippen LogP contribution in [0.5, 0.6) is 0 Å². The molecule has 3 N–H and O–H groups in total. The smallest absolute Gasteiger partial charge is 0.241 e. The first-order valence-electron chi connectivity index (χ1n) is 5.73. The molecule has 0 radical (unpaired) electrons. The van der Waals surface area contributed by atoms with Crippen molar-refractivity contribution in [3.05, 3.63) is 42.5 Å². The van der Waals surface area contributed by atoms with Crippen molar-refractivity contribution >= 4 is 27.1 Å². The van der Waals surface area contributed by atoms with E-state index in [1.165, 1.54) is 6.07 Å². The van der Waals surface area contributed by atoms with Gasteiger partial charge in [0, 0.05) is 6.54 Å². The average molecular weight is 278 g/mol. The Morgan fingerprint density at radius 2 is 1.84 bits per heavy atom. The molecule has 0 fully saturated rings. The maximum atomic E-state index is 12.1. The van der Waals surface area contributed by atoms with Gasteiger partial charge < -0.3 is 10.5 Å². The van der Waals surface area contributed by atoms with E-state index in [0.717, 1.165) is 10.8 Å². The highest BCUT2D eigenvalue weighted by Crippen LogP contribution is 2.18. The van der Waals surface area contributed by atoms with Gasteiger partial charge in [-0.1, -0.05) is 30.3 Å². The van der Waals surface area contributed by atoms with E-state index in [2.05, 4.69) is 4.72 Å². The second kappa shape index (κ2) is 5.48. The molecule has 100 valence electrons. The molecular weight excluding hydrogens is 264 g/mol. The van der Waals surface area contributed by atoms with Gasteiger partial charge in [0.15, 0.2) is 0 Å². The minimum Gasteiger partial charge on any atom is -0.328 e. The number of fused-ring (bicyclic) bond motifs is 1. The highest BCUT2D eigenvalue weighted by Gasteiger charge is 2.18. The third-order valence-electron chi connectivity index (χ3n) is 2.76. The van der Waals surface area contributed by atoms with Crippen molar-refractivity contribution in [3.63, 3.8) is 0 Å². The molecule has 0 saturated heterocycles. The van der Waals surface area contributed by atoms with Gasteiger partial charge in [-0.3, -0.25) is 0 Å². The summed E-state index contributed by atoms with van der Waals surface area (Å²) in [5.74, 6) is 0. The highest BCUT2D eigenvalue weighted by molar-refractivity contribution is 7.89. The van der Waals surface area contributed by atoms with Crippen LogP contribution in [-0.4, -0.2) is 27.3 Å².